The Morgan fingerprint density at radius 2 is 1.83 bits per heavy atom. The first-order valence-corrected chi connectivity index (χ1v) is 3.83. The summed E-state index contributed by atoms with van der Waals surface area (Å²) in [6, 6.07) is 0. The minimum absolute atomic E-state index is 0. The van der Waals surface area contributed by atoms with Gasteiger partial charge in [-0.25, -0.2) is 0 Å². The van der Waals surface area contributed by atoms with Gasteiger partial charge in [-0.2, -0.15) is 6.61 Å². The zero-order valence-electron chi connectivity index (χ0n) is 8.84. The molecule has 0 spiro atoms. The van der Waals surface area contributed by atoms with Gasteiger partial charge < -0.3 is 14.4 Å². The molecule has 0 N–H and O–H groups in total. The van der Waals surface area contributed by atoms with Crippen LogP contribution in [-0.4, -0.2) is 23.6 Å². The van der Waals surface area contributed by atoms with Gasteiger partial charge in [0.15, 0.2) is 0 Å². The maximum atomic E-state index is 10.7. The van der Waals surface area contributed by atoms with Gasteiger partial charge in [-0.15, -0.1) is 0 Å². The summed E-state index contributed by atoms with van der Waals surface area (Å²) in [6.45, 7) is 8.92. The van der Waals surface area contributed by atoms with Crippen molar-refractivity contribution < 1.29 is 60.9 Å². The van der Waals surface area contributed by atoms with Crippen molar-refractivity contribution in [1.29, 1.82) is 0 Å². The number of hydrogen-bond acceptors (Lipinski definition) is 2. The molecule has 0 bridgehead atoms. The number of carbonyl (C=O) groups excluding carboxylic acids is 1. The van der Waals surface area contributed by atoms with Crippen molar-refractivity contribution in [2.24, 2.45) is 0 Å². The van der Waals surface area contributed by atoms with Gasteiger partial charge in [0.05, 0.1) is 0 Å². The molecule has 0 radical (unpaired) electrons. The van der Waals surface area contributed by atoms with Crippen LogP contribution in [0.5, 0.6) is 0 Å². The molecule has 0 saturated carbocycles. The summed E-state index contributed by atoms with van der Waals surface area (Å²) in [6.07, 6.45) is 0. The standard InChI is InChI=1S/C6H10NO2.C2H6.K/c1-6(2)7(3)5(8)4-9-6;1-2;/h4H,1-3H3;1-2H3;/q-1;;+1. The van der Waals surface area contributed by atoms with E-state index in [9.17, 15) is 4.79 Å². The fourth-order valence-corrected chi connectivity index (χ4v) is 0.618. The van der Waals surface area contributed by atoms with Crippen LogP contribution >= 0.6 is 0 Å². The Bertz CT molecular complexity index is 148. The quantitative estimate of drug-likeness (QED) is 0.346. The first-order chi connectivity index (χ1) is 5.04. The minimum Gasteiger partial charge on any atom is -0.505 e. The van der Waals surface area contributed by atoms with Crippen molar-refractivity contribution >= 4 is 5.91 Å². The second kappa shape index (κ2) is 6.40. The maximum absolute atomic E-state index is 10.7. The molecule has 0 aromatic carbocycles. The van der Waals surface area contributed by atoms with Crippen LogP contribution in [0.2, 0.25) is 0 Å². The van der Waals surface area contributed by atoms with Crippen LogP contribution in [0.1, 0.15) is 27.7 Å². The van der Waals surface area contributed by atoms with E-state index in [1.165, 1.54) is 6.61 Å². The van der Waals surface area contributed by atoms with E-state index in [4.69, 9.17) is 4.74 Å². The largest absolute Gasteiger partial charge is 1.00 e. The van der Waals surface area contributed by atoms with Crippen LogP contribution < -0.4 is 51.4 Å². The molecule has 4 heteroatoms. The van der Waals surface area contributed by atoms with Crippen molar-refractivity contribution in [1.82, 2.24) is 4.90 Å². The van der Waals surface area contributed by atoms with E-state index in [-0.39, 0.29) is 57.3 Å². The normalized spacial score (nSPS) is 18.8. The van der Waals surface area contributed by atoms with Crippen LogP contribution in [0.25, 0.3) is 0 Å². The first-order valence-electron chi connectivity index (χ1n) is 3.83. The van der Waals surface area contributed by atoms with Gasteiger partial charge in [0.1, 0.15) is 11.6 Å². The Morgan fingerprint density at radius 3 is 1.92 bits per heavy atom. The second-order valence-corrected chi connectivity index (χ2v) is 2.58. The first kappa shape index (κ1) is 15.4. The SMILES string of the molecule is CC.CN1C(=O)[CH-]OC1(C)C.[K+]. The van der Waals surface area contributed by atoms with Gasteiger partial charge in [0.25, 0.3) is 0 Å². The Morgan fingerprint density at radius 1 is 1.42 bits per heavy atom. The van der Waals surface area contributed by atoms with Crippen LogP contribution in [0.3, 0.4) is 0 Å². The smallest absolute Gasteiger partial charge is 0.505 e. The van der Waals surface area contributed by atoms with Gasteiger partial charge in [-0.3, -0.25) is 0 Å². The van der Waals surface area contributed by atoms with Gasteiger partial charge in [-0.05, 0) is 13.8 Å². The molecule has 0 aromatic rings. The molecular formula is C8H16KNO2. The molecule has 3 nitrogen and oxygen atoms in total. The molecule has 0 unspecified atom stereocenters. The molecule has 1 amide bonds. The molecule has 0 atom stereocenters. The molecule has 12 heavy (non-hydrogen) atoms. The number of carbonyl (C=O) groups is 1. The van der Waals surface area contributed by atoms with Crippen molar-refractivity contribution in [3.63, 3.8) is 0 Å². The van der Waals surface area contributed by atoms with Gasteiger partial charge in [-0.1, -0.05) is 13.8 Å². The molecule has 1 fully saturated rings. The third-order valence-corrected chi connectivity index (χ3v) is 1.59. The average Bonchev–Trinajstić information content (AvgIpc) is 2.21. The number of ether oxygens (including phenoxy) is 1. The second-order valence-electron chi connectivity index (χ2n) is 2.58. The van der Waals surface area contributed by atoms with Gasteiger partial charge in [0, 0.05) is 7.05 Å². The van der Waals surface area contributed by atoms with E-state index in [0.29, 0.717) is 0 Å². The predicted molar refractivity (Wildman–Crippen MR) is 43.6 cm³/mol. The molecule has 1 saturated heterocycles. The summed E-state index contributed by atoms with van der Waals surface area (Å²) in [4.78, 5) is 12.3. The van der Waals surface area contributed by atoms with Crippen molar-refractivity contribution in [2.75, 3.05) is 7.05 Å². The Kier molecular flexibility index (Phi) is 8.22. The van der Waals surface area contributed by atoms with E-state index in [1.807, 2.05) is 27.7 Å². The monoisotopic (exact) mass is 197 g/mol. The summed E-state index contributed by atoms with van der Waals surface area (Å²) < 4.78 is 5.02. The molecule has 0 aliphatic carbocycles. The summed E-state index contributed by atoms with van der Waals surface area (Å²) in [5, 5.41) is 0. The summed E-state index contributed by atoms with van der Waals surface area (Å²) >= 11 is 0. The van der Waals surface area contributed by atoms with Crippen LogP contribution in [-0.2, 0) is 9.53 Å². The zero-order chi connectivity index (χ0) is 9.07. The number of hydrogen-bond donors (Lipinski definition) is 0. The van der Waals surface area contributed by atoms with E-state index < -0.39 is 5.72 Å². The van der Waals surface area contributed by atoms with E-state index >= 15 is 0 Å². The van der Waals surface area contributed by atoms with E-state index in [1.54, 1.807) is 11.9 Å². The van der Waals surface area contributed by atoms with Gasteiger partial charge in [0.2, 0.25) is 0 Å². The summed E-state index contributed by atoms with van der Waals surface area (Å²) in [5.74, 6) is -0.0694. The summed E-state index contributed by atoms with van der Waals surface area (Å²) in [7, 11) is 1.71. The average molecular weight is 197 g/mol. The number of likely N-dealkylation sites (N-methyl/N-ethyl adjacent to an activating group) is 1. The number of nitrogens with zero attached hydrogens (tertiary/aromatic N) is 1. The van der Waals surface area contributed by atoms with Crippen LogP contribution in [0.15, 0.2) is 0 Å². The number of rotatable bonds is 0. The maximum Gasteiger partial charge on any atom is 1.00 e. The minimum atomic E-state index is -0.447. The van der Waals surface area contributed by atoms with Crippen LogP contribution in [0, 0.1) is 6.61 Å². The predicted octanol–water partition coefficient (Wildman–Crippen LogP) is -1.60. The zero-order valence-corrected chi connectivity index (χ0v) is 12.0. The molecule has 1 aliphatic heterocycles. The Labute approximate surface area is 117 Å². The molecule has 0 aromatic heterocycles. The molecular weight excluding hydrogens is 181 g/mol. The summed E-state index contributed by atoms with van der Waals surface area (Å²) in [5.41, 5.74) is -0.447. The Balaban J connectivity index is 0. The molecule has 1 heterocycles. The number of amides is 1. The van der Waals surface area contributed by atoms with Crippen molar-refractivity contribution in [3.05, 3.63) is 6.61 Å². The fraction of sp³-hybridized carbons (Fsp3) is 0.750. The molecule has 66 valence electrons. The van der Waals surface area contributed by atoms with E-state index in [2.05, 4.69) is 0 Å². The van der Waals surface area contributed by atoms with Crippen molar-refractivity contribution in [2.45, 2.75) is 33.4 Å². The molecule has 1 aliphatic rings. The van der Waals surface area contributed by atoms with Crippen molar-refractivity contribution in [3.8, 4) is 0 Å². The topological polar surface area (TPSA) is 29.5 Å². The van der Waals surface area contributed by atoms with E-state index in [0.717, 1.165) is 0 Å². The van der Waals surface area contributed by atoms with Crippen LogP contribution in [0.4, 0.5) is 0 Å². The third kappa shape index (κ3) is 3.76. The van der Waals surface area contributed by atoms with Gasteiger partial charge >= 0.3 is 51.4 Å². The fourth-order valence-electron chi connectivity index (χ4n) is 0.618. The Hall–Kier alpha value is 0.936. The molecule has 1 rings (SSSR count). The third-order valence-electron chi connectivity index (χ3n) is 1.59.